The smallest absolute Gasteiger partial charge is 0.163 e. The van der Waals surface area contributed by atoms with Gasteiger partial charge in [0.15, 0.2) is 5.82 Å². The normalized spacial score (nSPS) is 22.7. The third-order valence-corrected chi connectivity index (χ3v) is 3.71. The van der Waals surface area contributed by atoms with Crippen LogP contribution in [0.2, 0.25) is 0 Å². The minimum atomic E-state index is 0.346. The Morgan fingerprint density at radius 3 is 2.75 bits per heavy atom. The summed E-state index contributed by atoms with van der Waals surface area (Å²) in [6, 6.07) is 8.86. The van der Waals surface area contributed by atoms with E-state index in [1.165, 1.54) is 0 Å². The van der Waals surface area contributed by atoms with Crippen LogP contribution in [0, 0.1) is 0 Å². The first-order chi connectivity index (χ1) is 9.72. The van der Waals surface area contributed by atoms with Gasteiger partial charge in [-0.05, 0) is 44.0 Å². The zero-order valence-corrected chi connectivity index (χ0v) is 11.9. The van der Waals surface area contributed by atoms with Gasteiger partial charge in [0.25, 0.3) is 0 Å². The van der Waals surface area contributed by atoms with Crippen molar-refractivity contribution in [1.82, 2.24) is 14.8 Å². The Morgan fingerprint density at radius 2 is 2.10 bits per heavy atom. The third kappa shape index (κ3) is 2.82. The van der Waals surface area contributed by atoms with Gasteiger partial charge in [0, 0.05) is 30.9 Å². The van der Waals surface area contributed by atoms with Crippen molar-refractivity contribution in [2.45, 2.75) is 31.9 Å². The van der Waals surface area contributed by atoms with Crippen molar-refractivity contribution in [2.24, 2.45) is 7.05 Å². The number of hydrogen-bond acceptors (Lipinski definition) is 4. The Hall–Kier alpha value is -1.88. The molecule has 2 aromatic rings. The molecule has 106 valence electrons. The molecule has 20 heavy (non-hydrogen) atoms. The molecule has 0 bridgehead atoms. The molecule has 0 spiro atoms. The molecule has 5 heteroatoms. The van der Waals surface area contributed by atoms with Gasteiger partial charge in [-0.3, -0.25) is 0 Å². The van der Waals surface area contributed by atoms with Crippen LogP contribution in [0.15, 0.2) is 30.6 Å². The Morgan fingerprint density at radius 1 is 1.30 bits per heavy atom. The molecule has 0 radical (unpaired) electrons. The summed E-state index contributed by atoms with van der Waals surface area (Å²) in [5.41, 5.74) is 2.23. The minimum Gasteiger partial charge on any atom is -0.382 e. The summed E-state index contributed by atoms with van der Waals surface area (Å²) in [6.45, 7) is 2.97. The van der Waals surface area contributed by atoms with Crippen molar-refractivity contribution >= 4 is 5.69 Å². The van der Waals surface area contributed by atoms with Crippen LogP contribution in [0.4, 0.5) is 5.69 Å². The predicted octanol–water partition coefficient (Wildman–Crippen LogP) is 2.46. The molecule has 1 aliphatic rings. The van der Waals surface area contributed by atoms with Gasteiger partial charge in [-0.15, -0.1) is 10.2 Å². The van der Waals surface area contributed by atoms with Gasteiger partial charge >= 0.3 is 0 Å². The number of aryl methyl sites for hydroxylation is 1. The Labute approximate surface area is 119 Å². The SMILES string of the molecule is CC1CC(Nc2ccc(-c3nncn3C)cc2)CCO1. The van der Waals surface area contributed by atoms with Gasteiger partial charge in [0.05, 0.1) is 6.10 Å². The number of rotatable bonds is 3. The lowest BCUT2D eigenvalue weighted by molar-refractivity contribution is 0.0232. The van der Waals surface area contributed by atoms with Gasteiger partial charge in [-0.1, -0.05) is 0 Å². The maximum Gasteiger partial charge on any atom is 0.163 e. The maximum absolute atomic E-state index is 5.57. The van der Waals surface area contributed by atoms with E-state index in [-0.39, 0.29) is 0 Å². The lowest BCUT2D eigenvalue weighted by Gasteiger charge is -2.28. The molecule has 5 nitrogen and oxygen atoms in total. The molecule has 1 saturated heterocycles. The second-order valence-corrected chi connectivity index (χ2v) is 5.39. The van der Waals surface area contributed by atoms with Crippen LogP contribution in [0.5, 0.6) is 0 Å². The molecule has 1 N–H and O–H groups in total. The van der Waals surface area contributed by atoms with Crippen molar-refractivity contribution in [1.29, 1.82) is 0 Å². The minimum absolute atomic E-state index is 0.346. The number of nitrogens with one attached hydrogen (secondary N) is 1. The van der Waals surface area contributed by atoms with Crippen LogP contribution >= 0.6 is 0 Å². The van der Waals surface area contributed by atoms with Crippen molar-refractivity contribution in [3.8, 4) is 11.4 Å². The lowest BCUT2D eigenvalue weighted by Crippen LogP contribution is -2.32. The van der Waals surface area contributed by atoms with Crippen molar-refractivity contribution < 1.29 is 4.74 Å². The van der Waals surface area contributed by atoms with E-state index in [4.69, 9.17) is 4.74 Å². The van der Waals surface area contributed by atoms with Gasteiger partial charge in [-0.25, -0.2) is 0 Å². The maximum atomic E-state index is 5.57. The van der Waals surface area contributed by atoms with Crippen LogP contribution in [-0.4, -0.2) is 33.5 Å². The van der Waals surface area contributed by atoms with E-state index in [9.17, 15) is 0 Å². The quantitative estimate of drug-likeness (QED) is 0.932. The van der Waals surface area contributed by atoms with Crippen molar-refractivity contribution in [3.63, 3.8) is 0 Å². The van der Waals surface area contributed by atoms with Gasteiger partial charge in [0.2, 0.25) is 0 Å². The zero-order valence-electron chi connectivity index (χ0n) is 11.9. The molecule has 1 aliphatic heterocycles. The van der Waals surface area contributed by atoms with E-state index in [0.717, 1.165) is 36.5 Å². The van der Waals surface area contributed by atoms with Crippen LogP contribution in [-0.2, 0) is 11.8 Å². The van der Waals surface area contributed by atoms with Crippen LogP contribution < -0.4 is 5.32 Å². The highest BCUT2D eigenvalue weighted by atomic mass is 16.5. The number of anilines is 1. The summed E-state index contributed by atoms with van der Waals surface area (Å²) in [5, 5.41) is 11.6. The zero-order chi connectivity index (χ0) is 13.9. The molecular formula is C15H20N4O. The summed E-state index contributed by atoms with van der Waals surface area (Å²) >= 11 is 0. The monoisotopic (exact) mass is 272 g/mol. The van der Waals surface area contributed by atoms with E-state index in [1.54, 1.807) is 6.33 Å². The number of aromatic nitrogens is 3. The molecular weight excluding hydrogens is 252 g/mol. The van der Waals surface area contributed by atoms with Gasteiger partial charge in [-0.2, -0.15) is 0 Å². The molecule has 1 aromatic carbocycles. The molecule has 2 unspecified atom stereocenters. The molecule has 3 rings (SSSR count). The van der Waals surface area contributed by atoms with Crippen LogP contribution in [0.1, 0.15) is 19.8 Å². The molecule has 0 aliphatic carbocycles. The van der Waals surface area contributed by atoms with E-state index >= 15 is 0 Å². The molecule has 1 fully saturated rings. The molecule has 2 atom stereocenters. The topological polar surface area (TPSA) is 52.0 Å². The summed E-state index contributed by atoms with van der Waals surface area (Å²) < 4.78 is 7.49. The first kappa shape index (κ1) is 13.1. The fourth-order valence-corrected chi connectivity index (χ4v) is 2.62. The summed E-state index contributed by atoms with van der Waals surface area (Å²) in [5.74, 6) is 0.885. The molecule has 0 saturated carbocycles. The number of ether oxygens (including phenoxy) is 1. The second-order valence-electron chi connectivity index (χ2n) is 5.39. The van der Waals surface area contributed by atoms with Crippen molar-refractivity contribution in [2.75, 3.05) is 11.9 Å². The highest BCUT2D eigenvalue weighted by molar-refractivity contribution is 5.59. The first-order valence-corrected chi connectivity index (χ1v) is 7.05. The fraction of sp³-hybridized carbons (Fsp3) is 0.467. The number of benzene rings is 1. The van der Waals surface area contributed by atoms with Crippen LogP contribution in [0.25, 0.3) is 11.4 Å². The highest BCUT2D eigenvalue weighted by Crippen LogP contribution is 2.22. The highest BCUT2D eigenvalue weighted by Gasteiger charge is 2.18. The molecule has 1 aromatic heterocycles. The fourth-order valence-electron chi connectivity index (χ4n) is 2.62. The summed E-state index contributed by atoms with van der Waals surface area (Å²) in [7, 11) is 1.95. The van der Waals surface area contributed by atoms with E-state index in [1.807, 2.05) is 11.6 Å². The number of nitrogens with zero attached hydrogens (tertiary/aromatic N) is 3. The summed E-state index contributed by atoms with van der Waals surface area (Å²) in [6.07, 6.45) is 4.19. The predicted molar refractivity (Wildman–Crippen MR) is 78.5 cm³/mol. The van der Waals surface area contributed by atoms with Crippen LogP contribution in [0.3, 0.4) is 0 Å². The average molecular weight is 272 g/mol. The average Bonchev–Trinajstić information content (AvgIpc) is 2.86. The van der Waals surface area contributed by atoms with E-state index < -0.39 is 0 Å². The standard InChI is InChI=1S/C15H20N4O/c1-11-9-14(7-8-20-11)17-13-5-3-12(4-6-13)15-18-16-10-19(15)2/h3-6,10-11,14,17H,7-9H2,1-2H3. The van der Waals surface area contributed by atoms with Gasteiger partial charge < -0.3 is 14.6 Å². The van der Waals surface area contributed by atoms with E-state index in [0.29, 0.717) is 12.1 Å². The molecule has 0 amide bonds. The Balaban J connectivity index is 1.69. The van der Waals surface area contributed by atoms with E-state index in [2.05, 4.69) is 46.7 Å². The Kier molecular flexibility index (Phi) is 3.69. The van der Waals surface area contributed by atoms with Crippen molar-refractivity contribution in [3.05, 3.63) is 30.6 Å². The third-order valence-electron chi connectivity index (χ3n) is 3.71. The summed E-state index contributed by atoms with van der Waals surface area (Å²) in [4.78, 5) is 0. The van der Waals surface area contributed by atoms with Gasteiger partial charge in [0.1, 0.15) is 6.33 Å². The molecule has 2 heterocycles. The number of hydrogen-bond donors (Lipinski definition) is 1. The lowest BCUT2D eigenvalue weighted by atomic mass is 10.0. The first-order valence-electron chi connectivity index (χ1n) is 7.05. The second kappa shape index (κ2) is 5.63. The Bertz CT molecular complexity index is 564. The largest absolute Gasteiger partial charge is 0.382 e.